The van der Waals surface area contributed by atoms with Crippen LogP contribution in [0.15, 0.2) is 21.5 Å². The molecule has 0 aliphatic rings. The van der Waals surface area contributed by atoms with Gasteiger partial charge < -0.3 is 15.6 Å². The highest BCUT2D eigenvalue weighted by Crippen LogP contribution is 2.04. The number of amides is 1. The highest BCUT2D eigenvalue weighted by atomic mass is 79.9. The zero-order valence-corrected chi connectivity index (χ0v) is 10.7. The molecule has 0 aliphatic carbocycles. The molecule has 0 fully saturated rings. The average Bonchev–Trinajstić information content (AvgIpc) is 2.29. The molecular formula is C10H14BrN3O2. The van der Waals surface area contributed by atoms with Crippen LogP contribution in [0, 0.1) is 0 Å². The molecule has 1 heterocycles. The second kappa shape index (κ2) is 5.81. The molecule has 1 rings (SSSR count). The van der Waals surface area contributed by atoms with Crippen LogP contribution in [0.3, 0.4) is 0 Å². The van der Waals surface area contributed by atoms with E-state index in [4.69, 9.17) is 0 Å². The Balaban J connectivity index is 2.66. The summed E-state index contributed by atoms with van der Waals surface area (Å²) in [5.41, 5.74) is 0.176. The van der Waals surface area contributed by atoms with Gasteiger partial charge in [0, 0.05) is 18.8 Å². The molecular weight excluding hydrogens is 274 g/mol. The van der Waals surface area contributed by atoms with Crippen LogP contribution < -0.4 is 16.2 Å². The highest BCUT2D eigenvalue weighted by Gasteiger charge is 2.08. The van der Waals surface area contributed by atoms with Gasteiger partial charge in [0.1, 0.15) is 0 Å². The smallest absolute Gasteiger partial charge is 0.262 e. The van der Waals surface area contributed by atoms with Gasteiger partial charge in [-0.3, -0.25) is 9.59 Å². The lowest BCUT2D eigenvalue weighted by molar-refractivity contribution is 0.0950. The SMILES string of the molecule is CNC(C)CNC(=O)c1c[nH]c(=O)c(Br)c1. The number of carbonyl (C=O) groups excluding carboxylic acids is 1. The molecule has 0 saturated heterocycles. The van der Waals surface area contributed by atoms with Crippen molar-refractivity contribution in [2.24, 2.45) is 0 Å². The minimum atomic E-state index is -0.250. The first-order valence-electron chi connectivity index (χ1n) is 4.88. The van der Waals surface area contributed by atoms with Crippen molar-refractivity contribution >= 4 is 21.8 Å². The Morgan fingerprint density at radius 2 is 2.31 bits per heavy atom. The predicted molar refractivity (Wildman–Crippen MR) is 65.6 cm³/mol. The molecule has 0 spiro atoms. The number of hydrogen-bond acceptors (Lipinski definition) is 3. The average molecular weight is 288 g/mol. The summed E-state index contributed by atoms with van der Waals surface area (Å²) in [5.74, 6) is -0.209. The van der Waals surface area contributed by atoms with E-state index in [0.717, 1.165) is 0 Å². The molecule has 5 nitrogen and oxygen atoms in total. The van der Waals surface area contributed by atoms with E-state index in [0.29, 0.717) is 16.6 Å². The van der Waals surface area contributed by atoms with Crippen molar-refractivity contribution in [2.45, 2.75) is 13.0 Å². The van der Waals surface area contributed by atoms with E-state index in [2.05, 4.69) is 31.5 Å². The Bertz CT molecular complexity index is 430. The maximum atomic E-state index is 11.6. The van der Waals surface area contributed by atoms with Crippen LogP contribution in [0.5, 0.6) is 0 Å². The summed E-state index contributed by atoms with van der Waals surface area (Å²) >= 11 is 3.07. The van der Waals surface area contributed by atoms with Crippen LogP contribution in [0.4, 0.5) is 0 Å². The summed E-state index contributed by atoms with van der Waals surface area (Å²) in [4.78, 5) is 25.2. The van der Waals surface area contributed by atoms with Gasteiger partial charge in [0.2, 0.25) is 0 Å². The van der Waals surface area contributed by atoms with Crippen LogP contribution in [-0.4, -0.2) is 30.5 Å². The normalized spacial score (nSPS) is 12.2. The number of halogens is 1. The van der Waals surface area contributed by atoms with Gasteiger partial charge in [-0.1, -0.05) is 0 Å². The van der Waals surface area contributed by atoms with Gasteiger partial charge in [-0.05, 0) is 36.0 Å². The Labute approximate surface area is 102 Å². The molecule has 0 aliphatic heterocycles. The molecule has 0 saturated carbocycles. The third kappa shape index (κ3) is 3.46. The van der Waals surface area contributed by atoms with E-state index in [1.165, 1.54) is 12.3 Å². The first-order valence-corrected chi connectivity index (χ1v) is 5.67. The monoisotopic (exact) mass is 287 g/mol. The lowest BCUT2D eigenvalue weighted by Gasteiger charge is -2.11. The third-order valence-electron chi connectivity index (χ3n) is 2.18. The van der Waals surface area contributed by atoms with Gasteiger partial charge in [-0.15, -0.1) is 0 Å². The summed E-state index contributed by atoms with van der Waals surface area (Å²) < 4.78 is 0.349. The number of aromatic nitrogens is 1. The summed E-state index contributed by atoms with van der Waals surface area (Å²) in [7, 11) is 1.83. The van der Waals surface area contributed by atoms with Gasteiger partial charge in [-0.25, -0.2) is 0 Å². The lowest BCUT2D eigenvalue weighted by Crippen LogP contribution is -2.37. The molecule has 1 unspecified atom stereocenters. The number of pyridine rings is 1. The number of nitrogens with one attached hydrogen (secondary N) is 3. The molecule has 1 aromatic heterocycles. The van der Waals surface area contributed by atoms with Crippen LogP contribution >= 0.6 is 15.9 Å². The van der Waals surface area contributed by atoms with Crippen LogP contribution in [0.1, 0.15) is 17.3 Å². The number of carbonyl (C=O) groups is 1. The topological polar surface area (TPSA) is 74.0 Å². The minimum absolute atomic E-state index is 0.204. The maximum Gasteiger partial charge on any atom is 0.262 e. The molecule has 88 valence electrons. The fourth-order valence-corrected chi connectivity index (χ4v) is 1.40. The fourth-order valence-electron chi connectivity index (χ4n) is 1.04. The third-order valence-corrected chi connectivity index (χ3v) is 2.77. The van der Waals surface area contributed by atoms with Crippen molar-refractivity contribution in [1.82, 2.24) is 15.6 Å². The van der Waals surface area contributed by atoms with Crippen LogP contribution in [0.2, 0.25) is 0 Å². The van der Waals surface area contributed by atoms with E-state index >= 15 is 0 Å². The summed E-state index contributed by atoms with van der Waals surface area (Å²) in [5, 5.41) is 5.76. The second-order valence-electron chi connectivity index (χ2n) is 3.47. The Kier molecular flexibility index (Phi) is 4.70. The van der Waals surface area contributed by atoms with Crippen molar-refractivity contribution in [2.75, 3.05) is 13.6 Å². The molecule has 16 heavy (non-hydrogen) atoms. The van der Waals surface area contributed by atoms with E-state index in [1.807, 2.05) is 14.0 Å². The van der Waals surface area contributed by atoms with E-state index < -0.39 is 0 Å². The molecule has 3 N–H and O–H groups in total. The first-order chi connectivity index (χ1) is 7.54. The first kappa shape index (κ1) is 12.9. The lowest BCUT2D eigenvalue weighted by atomic mass is 10.2. The highest BCUT2D eigenvalue weighted by molar-refractivity contribution is 9.10. The number of rotatable bonds is 4. The van der Waals surface area contributed by atoms with Crippen molar-refractivity contribution < 1.29 is 4.79 Å². The number of H-pyrrole nitrogens is 1. The number of hydrogen-bond donors (Lipinski definition) is 3. The van der Waals surface area contributed by atoms with Gasteiger partial charge in [0.25, 0.3) is 11.5 Å². The van der Waals surface area contributed by atoms with Gasteiger partial charge in [-0.2, -0.15) is 0 Å². The molecule has 1 amide bonds. The molecule has 1 atom stereocenters. The molecule has 1 aromatic rings. The van der Waals surface area contributed by atoms with Crippen LogP contribution in [0.25, 0.3) is 0 Å². The molecule has 0 bridgehead atoms. The van der Waals surface area contributed by atoms with E-state index in [9.17, 15) is 9.59 Å². The quantitative estimate of drug-likeness (QED) is 0.754. The summed E-state index contributed by atoms with van der Waals surface area (Å²) in [6, 6.07) is 1.70. The van der Waals surface area contributed by atoms with Crippen molar-refractivity contribution in [3.8, 4) is 0 Å². The molecule has 6 heteroatoms. The fraction of sp³-hybridized carbons (Fsp3) is 0.400. The van der Waals surface area contributed by atoms with Gasteiger partial charge in [0.05, 0.1) is 10.0 Å². The van der Waals surface area contributed by atoms with Crippen molar-refractivity contribution in [1.29, 1.82) is 0 Å². The molecule has 0 radical (unpaired) electrons. The van der Waals surface area contributed by atoms with Crippen molar-refractivity contribution in [3.05, 3.63) is 32.7 Å². The largest absolute Gasteiger partial charge is 0.350 e. The Morgan fingerprint density at radius 3 is 2.88 bits per heavy atom. The van der Waals surface area contributed by atoms with E-state index in [1.54, 1.807) is 0 Å². The predicted octanol–water partition coefficient (Wildman–Crippen LogP) is 0.475. The second-order valence-corrected chi connectivity index (χ2v) is 4.32. The molecule has 0 aromatic carbocycles. The zero-order chi connectivity index (χ0) is 12.1. The summed E-state index contributed by atoms with van der Waals surface area (Å²) in [6.07, 6.45) is 1.40. The maximum absolute atomic E-state index is 11.6. The minimum Gasteiger partial charge on any atom is -0.350 e. The Hall–Kier alpha value is -1.14. The Morgan fingerprint density at radius 1 is 1.62 bits per heavy atom. The number of likely N-dealkylation sites (N-methyl/N-ethyl adjacent to an activating group) is 1. The zero-order valence-electron chi connectivity index (χ0n) is 9.13. The van der Waals surface area contributed by atoms with E-state index in [-0.39, 0.29) is 17.5 Å². The standard InChI is InChI=1S/C10H14BrN3O2/c1-6(12-2)4-13-9(15)7-3-8(11)10(16)14-5-7/h3,5-6,12H,4H2,1-2H3,(H,13,15)(H,14,16). The van der Waals surface area contributed by atoms with Gasteiger partial charge in [0.15, 0.2) is 0 Å². The van der Waals surface area contributed by atoms with Crippen LogP contribution in [-0.2, 0) is 0 Å². The van der Waals surface area contributed by atoms with Gasteiger partial charge >= 0.3 is 0 Å². The summed E-state index contributed by atoms with van der Waals surface area (Å²) in [6.45, 7) is 2.50. The van der Waals surface area contributed by atoms with Crippen molar-refractivity contribution in [3.63, 3.8) is 0 Å². The number of aromatic amines is 1.